The van der Waals surface area contributed by atoms with Crippen LogP contribution in [0.3, 0.4) is 0 Å². The third-order valence-electron chi connectivity index (χ3n) is 4.17. The van der Waals surface area contributed by atoms with Crippen molar-refractivity contribution in [2.45, 2.75) is 32.3 Å². The second-order valence-electron chi connectivity index (χ2n) is 5.89. The van der Waals surface area contributed by atoms with Gasteiger partial charge in [-0.2, -0.15) is 0 Å². The molecule has 0 saturated carbocycles. The average Bonchev–Trinajstić information content (AvgIpc) is 2.56. The molecular formula is C19H23NO. The molecule has 2 heteroatoms. The molecule has 0 aliphatic carbocycles. The maximum absolute atomic E-state index is 5.86. The Hall–Kier alpha value is -1.80. The predicted octanol–water partition coefficient (Wildman–Crippen LogP) is 4.04. The van der Waals surface area contributed by atoms with Crippen LogP contribution < -0.4 is 10.1 Å². The molecule has 3 rings (SSSR count). The molecule has 1 aliphatic heterocycles. The summed E-state index contributed by atoms with van der Waals surface area (Å²) in [6.45, 7) is 4.99. The Morgan fingerprint density at radius 2 is 1.81 bits per heavy atom. The van der Waals surface area contributed by atoms with E-state index in [0.717, 1.165) is 18.8 Å². The van der Waals surface area contributed by atoms with Gasteiger partial charge in [0.1, 0.15) is 12.4 Å². The highest BCUT2D eigenvalue weighted by Crippen LogP contribution is 2.25. The molecule has 0 aromatic heterocycles. The van der Waals surface area contributed by atoms with E-state index in [9.17, 15) is 0 Å². The predicted molar refractivity (Wildman–Crippen MR) is 86.8 cm³/mol. The molecule has 0 bridgehead atoms. The minimum absolute atomic E-state index is 0.630. The third-order valence-corrected chi connectivity index (χ3v) is 4.17. The van der Waals surface area contributed by atoms with E-state index in [4.69, 9.17) is 4.74 Å². The number of ether oxygens (including phenoxy) is 1. The summed E-state index contributed by atoms with van der Waals surface area (Å²) in [5.74, 6) is 1.60. The van der Waals surface area contributed by atoms with Crippen molar-refractivity contribution in [3.8, 4) is 5.75 Å². The number of hydrogen-bond acceptors (Lipinski definition) is 2. The number of rotatable bonds is 4. The van der Waals surface area contributed by atoms with E-state index in [1.807, 2.05) is 0 Å². The Morgan fingerprint density at radius 3 is 2.48 bits per heavy atom. The van der Waals surface area contributed by atoms with Gasteiger partial charge in [0.05, 0.1) is 0 Å². The first-order valence-electron chi connectivity index (χ1n) is 7.80. The molecular weight excluding hydrogens is 258 g/mol. The van der Waals surface area contributed by atoms with Gasteiger partial charge in [-0.25, -0.2) is 0 Å². The van der Waals surface area contributed by atoms with Crippen LogP contribution in [0.5, 0.6) is 5.75 Å². The number of benzene rings is 2. The van der Waals surface area contributed by atoms with Gasteiger partial charge in [0.2, 0.25) is 0 Å². The smallest absolute Gasteiger partial charge is 0.119 e. The van der Waals surface area contributed by atoms with Gasteiger partial charge in [0, 0.05) is 6.54 Å². The Morgan fingerprint density at radius 1 is 1.05 bits per heavy atom. The molecule has 0 amide bonds. The maximum Gasteiger partial charge on any atom is 0.119 e. The Balaban J connectivity index is 1.57. The van der Waals surface area contributed by atoms with Crippen LogP contribution in [-0.2, 0) is 6.61 Å². The summed E-state index contributed by atoms with van der Waals surface area (Å²) in [6.07, 6.45) is 2.56. The molecule has 0 radical (unpaired) electrons. The first-order chi connectivity index (χ1) is 10.3. The summed E-state index contributed by atoms with van der Waals surface area (Å²) in [6, 6.07) is 17.1. The zero-order chi connectivity index (χ0) is 14.5. The molecule has 21 heavy (non-hydrogen) atoms. The van der Waals surface area contributed by atoms with E-state index in [-0.39, 0.29) is 0 Å². The van der Waals surface area contributed by atoms with Crippen molar-refractivity contribution < 1.29 is 4.74 Å². The zero-order valence-electron chi connectivity index (χ0n) is 12.6. The Labute approximate surface area is 127 Å². The largest absolute Gasteiger partial charge is 0.489 e. The number of aryl methyl sites for hydroxylation is 1. The third kappa shape index (κ3) is 3.85. The van der Waals surface area contributed by atoms with Crippen LogP contribution in [0.4, 0.5) is 0 Å². The first kappa shape index (κ1) is 14.2. The van der Waals surface area contributed by atoms with E-state index in [1.165, 1.54) is 29.5 Å². The summed E-state index contributed by atoms with van der Waals surface area (Å²) in [5.41, 5.74) is 3.91. The van der Waals surface area contributed by atoms with Crippen molar-refractivity contribution >= 4 is 0 Å². The Bertz CT molecular complexity index is 553. The lowest BCUT2D eigenvalue weighted by Crippen LogP contribution is -2.28. The van der Waals surface area contributed by atoms with Gasteiger partial charge in [0.15, 0.2) is 0 Å². The number of nitrogens with one attached hydrogen (secondary N) is 1. The van der Waals surface area contributed by atoms with Crippen LogP contribution in [0.2, 0.25) is 0 Å². The summed E-state index contributed by atoms with van der Waals surface area (Å²) in [7, 11) is 0. The molecule has 1 saturated heterocycles. The average molecular weight is 281 g/mol. The van der Waals surface area contributed by atoms with Gasteiger partial charge in [0.25, 0.3) is 0 Å². The minimum Gasteiger partial charge on any atom is -0.489 e. The van der Waals surface area contributed by atoms with Crippen molar-refractivity contribution in [3.05, 3.63) is 65.2 Å². The maximum atomic E-state index is 5.86. The van der Waals surface area contributed by atoms with Gasteiger partial charge in [-0.3, -0.25) is 0 Å². The molecule has 0 spiro atoms. The molecule has 1 fully saturated rings. The SMILES string of the molecule is Cc1ccc(COc2ccc(C3CCCNC3)cc2)cc1. The summed E-state index contributed by atoms with van der Waals surface area (Å²) in [4.78, 5) is 0. The minimum atomic E-state index is 0.630. The van der Waals surface area contributed by atoms with Crippen molar-refractivity contribution in [1.29, 1.82) is 0 Å². The van der Waals surface area contributed by atoms with Gasteiger partial charge < -0.3 is 10.1 Å². The fraction of sp³-hybridized carbons (Fsp3) is 0.368. The second-order valence-corrected chi connectivity index (χ2v) is 5.89. The molecule has 1 N–H and O–H groups in total. The molecule has 1 aliphatic rings. The normalized spacial score (nSPS) is 18.4. The van der Waals surface area contributed by atoms with Crippen LogP contribution in [0, 0.1) is 6.92 Å². The summed E-state index contributed by atoms with van der Waals surface area (Å²) in [5, 5.41) is 3.47. The van der Waals surface area contributed by atoms with E-state index < -0.39 is 0 Å². The highest BCUT2D eigenvalue weighted by atomic mass is 16.5. The van der Waals surface area contributed by atoms with E-state index >= 15 is 0 Å². The standard InChI is InChI=1S/C19H23NO/c1-15-4-6-16(7-5-15)14-21-19-10-8-17(9-11-19)18-3-2-12-20-13-18/h4-11,18,20H,2-3,12-14H2,1H3. The molecule has 2 nitrogen and oxygen atoms in total. The molecule has 1 heterocycles. The van der Waals surface area contributed by atoms with Crippen LogP contribution in [0.1, 0.15) is 35.4 Å². The second kappa shape index (κ2) is 6.77. The lowest BCUT2D eigenvalue weighted by molar-refractivity contribution is 0.306. The monoisotopic (exact) mass is 281 g/mol. The van der Waals surface area contributed by atoms with Crippen molar-refractivity contribution in [1.82, 2.24) is 5.32 Å². The molecule has 2 aromatic rings. The summed E-state index contributed by atoms with van der Waals surface area (Å²) < 4.78 is 5.86. The van der Waals surface area contributed by atoms with Gasteiger partial charge in [-0.1, -0.05) is 42.0 Å². The van der Waals surface area contributed by atoms with Crippen molar-refractivity contribution in [2.24, 2.45) is 0 Å². The molecule has 2 aromatic carbocycles. The zero-order valence-corrected chi connectivity index (χ0v) is 12.6. The van der Waals surface area contributed by atoms with E-state index in [0.29, 0.717) is 12.5 Å². The van der Waals surface area contributed by atoms with Crippen molar-refractivity contribution in [3.63, 3.8) is 0 Å². The summed E-state index contributed by atoms with van der Waals surface area (Å²) >= 11 is 0. The molecule has 1 atom stereocenters. The lowest BCUT2D eigenvalue weighted by Gasteiger charge is -2.23. The number of piperidine rings is 1. The number of hydrogen-bond donors (Lipinski definition) is 1. The highest BCUT2D eigenvalue weighted by Gasteiger charge is 2.14. The van der Waals surface area contributed by atoms with Crippen LogP contribution >= 0.6 is 0 Å². The molecule has 1 unspecified atom stereocenters. The van der Waals surface area contributed by atoms with Crippen LogP contribution in [0.25, 0.3) is 0 Å². The van der Waals surface area contributed by atoms with Crippen molar-refractivity contribution in [2.75, 3.05) is 13.1 Å². The van der Waals surface area contributed by atoms with Gasteiger partial charge >= 0.3 is 0 Å². The van der Waals surface area contributed by atoms with E-state index in [2.05, 4.69) is 60.8 Å². The fourth-order valence-corrected chi connectivity index (χ4v) is 2.82. The first-order valence-corrected chi connectivity index (χ1v) is 7.80. The van der Waals surface area contributed by atoms with Crippen LogP contribution in [-0.4, -0.2) is 13.1 Å². The van der Waals surface area contributed by atoms with Gasteiger partial charge in [-0.05, 0) is 55.5 Å². The van der Waals surface area contributed by atoms with Gasteiger partial charge in [-0.15, -0.1) is 0 Å². The highest BCUT2D eigenvalue weighted by molar-refractivity contribution is 5.30. The molecule has 110 valence electrons. The topological polar surface area (TPSA) is 21.3 Å². The van der Waals surface area contributed by atoms with E-state index in [1.54, 1.807) is 0 Å². The Kier molecular flexibility index (Phi) is 4.56. The fourth-order valence-electron chi connectivity index (χ4n) is 2.82. The van der Waals surface area contributed by atoms with Crippen LogP contribution in [0.15, 0.2) is 48.5 Å². The lowest BCUT2D eigenvalue weighted by atomic mass is 9.92. The quantitative estimate of drug-likeness (QED) is 0.913.